The third-order valence-corrected chi connectivity index (χ3v) is 5.94. The lowest BCUT2D eigenvalue weighted by atomic mass is 9.99. The SMILES string of the molecule is C=C(/N=C\c1nc(Cc2ccccc2)n(CC2CCCNC2)c1N)NCc1ccccc1F. The summed E-state index contributed by atoms with van der Waals surface area (Å²) in [6.07, 6.45) is 4.69. The van der Waals surface area contributed by atoms with Gasteiger partial charge in [-0.15, -0.1) is 0 Å². The molecule has 2 heterocycles. The summed E-state index contributed by atoms with van der Waals surface area (Å²) in [5, 5.41) is 6.51. The van der Waals surface area contributed by atoms with Crippen molar-refractivity contribution in [2.75, 3.05) is 18.8 Å². The van der Waals surface area contributed by atoms with Gasteiger partial charge in [0, 0.05) is 25.1 Å². The van der Waals surface area contributed by atoms with Crippen molar-refractivity contribution in [2.24, 2.45) is 10.9 Å². The monoisotopic (exact) mass is 446 g/mol. The van der Waals surface area contributed by atoms with Crippen LogP contribution in [0.4, 0.5) is 10.2 Å². The molecule has 0 bridgehead atoms. The highest BCUT2D eigenvalue weighted by Crippen LogP contribution is 2.21. The average Bonchev–Trinajstić information content (AvgIpc) is 3.12. The first-order valence-electron chi connectivity index (χ1n) is 11.4. The van der Waals surface area contributed by atoms with Crippen molar-refractivity contribution >= 4 is 12.0 Å². The number of aliphatic imine (C=N–C) groups is 1. The van der Waals surface area contributed by atoms with E-state index in [2.05, 4.69) is 38.9 Å². The Morgan fingerprint density at radius 2 is 2.03 bits per heavy atom. The van der Waals surface area contributed by atoms with Crippen LogP contribution in [-0.4, -0.2) is 28.9 Å². The van der Waals surface area contributed by atoms with Gasteiger partial charge in [-0.05, 0) is 43.5 Å². The van der Waals surface area contributed by atoms with E-state index in [9.17, 15) is 4.39 Å². The van der Waals surface area contributed by atoms with E-state index in [4.69, 9.17) is 10.7 Å². The van der Waals surface area contributed by atoms with Gasteiger partial charge in [-0.25, -0.2) is 14.4 Å². The summed E-state index contributed by atoms with van der Waals surface area (Å²) in [5.74, 6) is 2.22. The standard InChI is InChI=1S/C26H31FN6/c1-19(30-16-22-11-5-6-12-23(22)27)31-17-24-26(28)33(18-21-10-7-13-29-15-21)25(32-24)14-20-8-3-2-4-9-20/h2-6,8-9,11-12,17,21,29-30H,1,7,10,13-16,18,28H2/b31-17-. The number of halogens is 1. The number of piperidine rings is 1. The largest absolute Gasteiger partial charge is 0.383 e. The Balaban J connectivity index is 1.49. The molecule has 0 amide bonds. The number of rotatable bonds is 9. The fourth-order valence-electron chi connectivity index (χ4n) is 4.11. The van der Waals surface area contributed by atoms with E-state index >= 15 is 0 Å². The Hall–Kier alpha value is -3.45. The zero-order chi connectivity index (χ0) is 23.0. The number of nitrogens with one attached hydrogen (secondary N) is 2. The zero-order valence-electron chi connectivity index (χ0n) is 18.8. The van der Waals surface area contributed by atoms with Crippen LogP contribution in [-0.2, 0) is 19.5 Å². The van der Waals surface area contributed by atoms with Crippen LogP contribution in [0.3, 0.4) is 0 Å². The number of nitrogen functional groups attached to an aromatic ring is 1. The molecule has 2 aromatic carbocycles. The smallest absolute Gasteiger partial charge is 0.132 e. The van der Waals surface area contributed by atoms with Gasteiger partial charge in [-0.1, -0.05) is 55.1 Å². The van der Waals surface area contributed by atoms with Crippen molar-refractivity contribution in [3.05, 3.63) is 95.5 Å². The molecule has 0 aliphatic carbocycles. The summed E-state index contributed by atoms with van der Waals surface area (Å²) in [7, 11) is 0. The summed E-state index contributed by atoms with van der Waals surface area (Å²) in [6, 6.07) is 16.9. The molecule has 1 saturated heterocycles. The summed E-state index contributed by atoms with van der Waals surface area (Å²) in [5.41, 5.74) is 8.90. The molecule has 33 heavy (non-hydrogen) atoms. The van der Waals surface area contributed by atoms with Crippen LogP contribution in [0.5, 0.6) is 0 Å². The molecule has 0 saturated carbocycles. The second kappa shape index (κ2) is 10.9. The van der Waals surface area contributed by atoms with E-state index in [1.54, 1.807) is 24.4 Å². The molecule has 7 heteroatoms. The van der Waals surface area contributed by atoms with E-state index in [0.29, 0.717) is 41.8 Å². The number of imidazole rings is 1. The van der Waals surface area contributed by atoms with Crippen molar-refractivity contribution in [1.29, 1.82) is 0 Å². The number of anilines is 1. The van der Waals surface area contributed by atoms with Crippen LogP contribution in [0.2, 0.25) is 0 Å². The Kier molecular flexibility index (Phi) is 7.52. The molecule has 1 fully saturated rings. The first-order chi connectivity index (χ1) is 16.1. The van der Waals surface area contributed by atoms with Crippen LogP contribution in [0.15, 0.2) is 72.0 Å². The Labute approximate surface area is 194 Å². The predicted octanol–water partition coefficient (Wildman–Crippen LogP) is 3.87. The average molecular weight is 447 g/mol. The van der Waals surface area contributed by atoms with Gasteiger partial charge < -0.3 is 20.9 Å². The summed E-state index contributed by atoms with van der Waals surface area (Å²) in [4.78, 5) is 9.20. The van der Waals surface area contributed by atoms with Gasteiger partial charge >= 0.3 is 0 Å². The van der Waals surface area contributed by atoms with Gasteiger partial charge in [0.2, 0.25) is 0 Å². The van der Waals surface area contributed by atoms with Crippen LogP contribution in [0.25, 0.3) is 0 Å². The molecule has 4 rings (SSSR count). The molecule has 3 aromatic rings. The minimum atomic E-state index is -0.257. The predicted molar refractivity (Wildman–Crippen MR) is 131 cm³/mol. The van der Waals surface area contributed by atoms with Crippen LogP contribution < -0.4 is 16.4 Å². The second-order valence-corrected chi connectivity index (χ2v) is 8.43. The third kappa shape index (κ3) is 6.08. The summed E-state index contributed by atoms with van der Waals surface area (Å²) < 4.78 is 15.9. The third-order valence-electron chi connectivity index (χ3n) is 5.94. The fraction of sp³-hybridized carbons (Fsp3) is 0.308. The molecule has 1 aliphatic rings. The van der Waals surface area contributed by atoms with Gasteiger partial charge in [0.15, 0.2) is 0 Å². The van der Waals surface area contributed by atoms with Crippen LogP contribution >= 0.6 is 0 Å². The number of nitrogens with zero attached hydrogens (tertiary/aromatic N) is 3. The van der Waals surface area contributed by atoms with Crippen LogP contribution in [0, 0.1) is 11.7 Å². The van der Waals surface area contributed by atoms with Gasteiger partial charge in [-0.3, -0.25) is 0 Å². The molecule has 1 aliphatic heterocycles. The van der Waals surface area contributed by atoms with Crippen molar-refractivity contribution in [3.8, 4) is 0 Å². The number of nitrogens with two attached hydrogens (primary N) is 1. The first-order valence-corrected chi connectivity index (χ1v) is 11.4. The van der Waals surface area contributed by atoms with Gasteiger partial charge in [0.25, 0.3) is 0 Å². The Morgan fingerprint density at radius 1 is 1.24 bits per heavy atom. The highest BCUT2D eigenvalue weighted by molar-refractivity contribution is 5.84. The summed E-state index contributed by atoms with van der Waals surface area (Å²) in [6.45, 7) is 7.12. The maximum Gasteiger partial charge on any atom is 0.132 e. The number of hydrogen-bond donors (Lipinski definition) is 3. The van der Waals surface area contributed by atoms with E-state index in [-0.39, 0.29) is 5.82 Å². The molecule has 0 spiro atoms. The molecule has 1 unspecified atom stereocenters. The molecule has 1 atom stereocenters. The maximum absolute atomic E-state index is 13.8. The lowest BCUT2D eigenvalue weighted by Crippen LogP contribution is -2.32. The first kappa shape index (κ1) is 22.7. The van der Waals surface area contributed by atoms with Crippen molar-refractivity contribution < 1.29 is 4.39 Å². The minimum absolute atomic E-state index is 0.257. The topological polar surface area (TPSA) is 80.3 Å². The van der Waals surface area contributed by atoms with Crippen molar-refractivity contribution in [1.82, 2.24) is 20.2 Å². The highest BCUT2D eigenvalue weighted by Gasteiger charge is 2.20. The van der Waals surface area contributed by atoms with Gasteiger partial charge in [0.05, 0.1) is 6.21 Å². The number of hydrogen-bond acceptors (Lipinski definition) is 5. The molecule has 6 nitrogen and oxygen atoms in total. The summed E-state index contributed by atoms with van der Waals surface area (Å²) >= 11 is 0. The zero-order valence-corrected chi connectivity index (χ0v) is 18.8. The maximum atomic E-state index is 13.8. The van der Waals surface area contributed by atoms with Crippen LogP contribution in [0.1, 0.15) is 35.5 Å². The molecule has 4 N–H and O–H groups in total. The van der Waals surface area contributed by atoms with E-state index in [0.717, 1.165) is 25.5 Å². The highest BCUT2D eigenvalue weighted by atomic mass is 19.1. The molecular formula is C26H31FN6. The van der Waals surface area contributed by atoms with Gasteiger partial charge in [-0.2, -0.15) is 0 Å². The lowest BCUT2D eigenvalue weighted by Gasteiger charge is -2.24. The Bertz CT molecular complexity index is 1100. The number of benzene rings is 2. The van der Waals surface area contributed by atoms with E-state index < -0.39 is 0 Å². The normalized spacial score (nSPS) is 16.2. The quantitative estimate of drug-likeness (QED) is 0.436. The lowest BCUT2D eigenvalue weighted by molar-refractivity contribution is 0.335. The van der Waals surface area contributed by atoms with Crippen molar-refractivity contribution in [3.63, 3.8) is 0 Å². The van der Waals surface area contributed by atoms with Gasteiger partial charge in [0.1, 0.15) is 29.0 Å². The molecule has 172 valence electrons. The van der Waals surface area contributed by atoms with E-state index in [1.165, 1.54) is 24.5 Å². The molecule has 1 aromatic heterocycles. The fourth-order valence-corrected chi connectivity index (χ4v) is 4.11. The second-order valence-electron chi connectivity index (χ2n) is 8.43. The van der Waals surface area contributed by atoms with E-state index in [1.807, 2.05) is 18.2 Å². The van der Waals surface area contributed by atoms with Crippen molar-refractivity contribution in [2.45, 2.75) is 32.4 Å². The number of aromatic nitrogens is 2. The molecule has 0 radical (unpaired) electrons. The minimum Gasteiger partial charge on any atom is -0.383 e. The molecular weight excluding hydrogens is 415 g/mol. The Morgan fingerprint density at radius 3 is 2.79 bits per heavy atom.